The Labute approximate surface area is 132 Å². The Kier molecular flexibility index (Phi) is 7.89. The molecule has 0 amide bonds. The molecule has 0 radical (unpaired) electrons. The Morgan fingerprint density at radius 3 is 2.48 bits per heavy atom. The van der Waals surface area contributed by atoms with Crippen molar-refractivity contribution >= 4 is 17.3 Å². The minimum absolute atomic E-state index is 0.263. The van der Waals surface area contributed by atoms with Crippen LogP contribution in [0.1, 0.15) is 72.7 Å². The summed E-state index contributed by atoms with van der Waals surface area (Å²) in [4.78, 5) is 18.8. The van der Waals surface area contributed by atoms with Crippen LogP contribution in [0.3, 0.4) is 0 Å². The fraction of sp³-hybridized carbons (Fsp3) is 0.750. The third-order valence-electron chi connectivity index (χ3n) is 3.86. The van der Waals surface area contributed by atoms with Gasteiger partial charge in [-0.1, -0.05) is 27.2 Å². The zero-order chi connectivity index (χ0) is 15.8. The number of hydrogen-bond acceptors (Lipinski definition) is 4. The van der Waals surface area contributed by atoms with Crippen LogP contribution in [0.4, 0.5) is 0 Å². The molecule has 0 saturated carbocycles. The van der Waals surface area contributed by atoms with E-state index in [0.717, 1.165) is 43.1 Å². The molecule has 0 bridgehead atoms. The molecule has 0 unspecified atom stereocenters. The van der Waals surface area contributed by atoms with Gasteiger partial charge in [0, 0.05) is 18.9 Å². The number of aromatic carboxylic acids is 1. The molecule has 0 saturated heterocycles. The molecule has 0 spiro atoms. The lowest BCUT2D eigenvalue weighted by atomic mass is 9.98. The highest BCUT2D eigenvalue weighted by Gasteiger charge is 2.22. The van der Waals surface area contributed by atoms with Gasteiger partial charge in [-0.2, -0.15) is 0 Å². The monoisotopic (exact) mass is 312 g/mol. The van der Waals surface area contributed by atoms with Crippen molar-refractivity contribution in [2.24, 2.45) is 0 Å². The van der Waals surface area contributed by atoms with Gasteiger partial charge in [0.15, 0.2) is 0 Å². The molecular formula is C16H28N2O2S. The zero-order valence-electron chi connectivity index (χ0n) is 13.7. The average Bonchev–Trinajstić information content (AvgIpc) is 2.88. The minimum atomic E-state index is -0.833. The lowest BCUT2D eigenvalue weighted by molar-refractivity contribution is 0.0700. The molecule has 0 aromatic carbocycles. The quantitative estimate of drug-likeness (QED) is 0.709. The highest BCUT2D eigenvalue weighted by atomic mass is 32.1. The minimum Gasteiger partial charge on any atom is -0.477 e. The molecule has 0 atom stereocenters. The van der Waals surface area contributed by atoms with E-state index in [4.69, 9.17) is 0 Å². The molecule has 0 aliphatic heterocycles. The van der Waals surface area contributed by atoms with Gasteiger partial charge in [0.25, 0.3) is 0 Å². The van der Waals surface area contributed by atoms with Gasteiger partial charge in [0.05, 0.1) is 10.7 Å². The van der Waals surface area contributed by atoms with Crippen LogP contribution in [0.5, 0.6) is 0 Å². The first kappa shape index (κ1) is 18.1. The van der Waals surface area contributed by atoms with Crippen molar-refractivity contribution in [3.05, 3.63) is 15.6 Å². The topological polar surface area (TPSA) is 53.4 Å². The number of thiazole rings is 1. The van der Waals surface area contributed by atoms with E-state index >= 15 is 0 Å². The smallest absolute Gasteiger partial charge is 0.347 e. The highest BCUT2D eigenvalue weighted by molar-refractivity contribution is 7.13. The normalized spacial score (nSPS) is 11.5. The van der Waals surface area contributed by atoms with Crippen LogP contribution in [0.2, 0.25) is 0 Å². The van der Waals surface area contributed by atoms with Crippen molar-refractivity contribution < 1.29 is 9.90 Å². The standard InChI is InChI=1S/C16H28N2O2S/c1-5-8-10-18(4)11-9-13-17-14(12(6-2)7-3)15(21-13)16(19)20/h12H,5-11H2,1-4H3,(H,19,20). The van der Waals surface area contributed by atoms with Crippen LogP contribution in [-0.2, 0) is 6.42 Å². The van der Waals surface area contributed by atoms with Crippen LogP contribution in [0.25, 0.3) is 0 Å². The molecule has 0 fully saturated rings. The number of unbranched alkanes of at least 4 members (excludes halogenated alkanes) is 1. The van der Waals surface area contributed by atoms with E-state index < -0.39 is 5.97 Å². The summed E-state index contributed by atoms with van der Waals surface area (Å²) in [6.45, 7) is 8.41. The van der Waals surface area contributed by atoms with Crippen molar-refractivity contribution in [3.8, 4) is 0 Å². The number of nitrogens with zero attached hydrogens (tertiary/aromatic N) is 2. The predicted octanol–water partition coefficient (Wildman–Crippen LogP) is 4.02. The van der Waals surface area contributed by atoms with E-state index in [1.807, 2.05) is 0 Å². The number of rotatable bonds is 10. The summed E-state index contributed by atoms with van der Waals surface area (Å²) in [7, 11) is 2.11. The van der Waals surface area contributed by atoms with Gasteiger partial charge < -0.3 is 10.0 Å². The summed E-state index contributed by atoms with van der Waals surface area (Å²) in [6, 6.07) is 0. The van der Waals surface area contributed by atoms with Gasteiger partial charge in [-0.25, -0.2) is 9.78 Å². The van der Waals surface area contributed by atoms with E-state index in [1.165, 1.54) is 24.2 Å². The van der Waals surface area contributed by atoms with Crippen LogP contribution >= 0.6 is 11.3 Å². The number of hydrogen-bond donors (Lipinski definition) is 1. The molecule has 4 nitrogen and oxygen atoms in total. The molecule has 0 aliphatic carbocycles. The number of aromatic nitrogens is 1. The Hall–Kier alpha value is -0.940. The molecule has 5 heteroatoms. The third-order valence-corrected chi connectivity index (χ3v) is 4.98. The SMILES string of the molecule is CCCCN(C)CCc1nc(C(CC)CC)c(C(=O)O)s1. The fourth-order valence-corrected chi connectivity index (χ4v) is 3.39. The van der Waals surface area contributed by atoms with Crippen molar-refractivity contribution in [2.45, 2.75) is 58.8 Å². The van der Waals surface area contributed by atoms with E-state index in [-0.39, 0.29) is 5.92 Å². The van der Waals surface area contributed by atoms with Gasteiger partial charge in [-0.05, 0) is 32.9 Å². The number of likely N-dealkylation sites (N-methyl/N-ethyl adjacent to an activating group) is 1. The lowest BCUT2D eigenvalue weighted by Gasteiger charge is -2.14. The largest absolute Gasteiger partial charge is 0.477 e. The number of carboxylic acids is 1. The second kappa shape index (κ2) is 9.15. The van der Waals surface area contributed by atoms with Crippen LogP contribution in [-0.4, -0.2) is 41.1 Å². The van der Waals surface area contributed by atoms with Crippen molar-refractivity contribution in [1.82, 2.24) is 9.88 Å². The van der Waals surface area contributed by atoms with Gasteiger partial charge in [-0.3, -0.25) is 0 Å². The van der Waals surface area contributed by atoms with E-state index in [1.54, 1.807) is 0 Å². The molecule has 1 aromatic heterocycles. The van der Waals surface area contributed by atoms with Crippen molar-refractivity contribution in [3.63, 3.8) is 0 Å². The Morgan fingerprint density at radius 1 is 1.29 bits per heavy atom. The zero-order valence-corrected chi connectivity index (χ0v) is 14.5. The average molecular weight is 312 g/mol. The number of carboxylic acid groups (broad SMARTS) is 1. The van der Waals surface area contributed by atoms with Crippen LogP contribution in [0.15, 0.2) is 0 Å². The fourth-order valence-electron chi connectivity index (χ4n) is 2.42. The van der Waals surface area contributed by atoms with Gasteiger partial charge in [0.1, 0.15) is 4.88 Å². The maximum Gasteiger partial charge on any atom is 0.347 e. The molecule has 1 N–H and O–H groups in total. The molecule has 1 heterocycles. The van der Waals surface area contributed by atoms with Crippen molar-refractivity contribution in [2.75, 3.05) is 20.1 Å². The summed E-state index contributed by atoms with van der Waals surface area (Å²) in [5.41, 5.74) is 0.795. The van der Waals surface area contributed by atoms with Gasteiger partial charge in [-0.15, -0.1) is 11.3 Å². The second-order valence-corrected chi connectivity index (χ2v) is 6.63. The molecule has 21 heavy (non-hydrogen) atoms. The number of carbonyl (C=O) groups is 1. The van der Waals surface area contributed by atoms with Gasteiger partial charge in [0.2, 0.25) is 0 Å². The predicted molar refractivity (Wildman–Crippen MR) is 88.5 cm³/mol. The molecular weight excluding hydrogens is 284 g/mol. The summed E-state index contributed by atoms with van der Waals surface area (Å²) in [5, 5.41) is 10.3. The second-order valence-electron chi connectivity index (χ2n) is 5.55. The molecule has 1 rings (SSSR count). The van der Waals surface area contributed by atoms with Crippen LogP contribution < -0.4 is 0 Å². The first-order valence-corrected chi connectivity index (χ1v) is 8.76. The first-order valence-electron chi connectivity index (χ1n) is 7.94. The molecule has 1 aromatic rings. The third kappa shape index (κ3) is 5.40. The lowest BCUT2D eigenvalue weighted by Crippen LogP contribution is -2.22. The van der Waals surface area contributed by atoms with Gasteiger partial charge >= 0.3 is 5.97 Å². The van der Waals surface area contributed by atoms with E-state index in [2.05, 4.69) is 37.7 Å². The summed E-state index contributed by atoms with van der Waals surface area (Å²) < 4.78 is 0. The summed E-state index contributed by atoms with van der Waals surface area (Å²) in [6.07, 6.45) is 5.12. The molecule has 120 valence electrons. The van der Waals surface area contributed by atoms with Crippen LogP contribution in [0, 0.1) is 0 Å². The van der Waals surface area contributed by atoms with E-state index in [9.17, 15) is 9.90 Å². The Morgan fingerprint density at radius 2 is 1.95 bits per heavy atom. The maximum atomic E-state index is 11.4. The maximum absolute atomic E-state index is 11.4. The van der Waals surface area contributed by atoms with Crippen molar-refractivity contribution in [1.29, 1.82) is 0 Å². The molecule has 0 aliphatic rings. The first-order chi connectivity index (χ1) is 10.0. The summed E-state index contributed by atoms with van der Waals surface area (Å²) >= 11 is 1.36. The Balaban J connectivity index is 2.76. The highest BCUT2D eigenvalue weighted by Crippen LogP contribution is 2.30. The van der Waals surface area contributed by atoms with E-state index in [0.29, 0.717) is 4.88 Å². The Bertz CT molecular complexity index is 441. The summed E-state index contributed by atoms with van der Waals surface area (Å²) in [5.74, 6) is -0.570.